The third-order valence-electron chi connectivity index (χ3n) is 2.95. The van der Waals surface area contributed by atoms with Crippen molar-refractivity contribution in [3.63, 3.8) is 0 Å². The molecule has 3 rings (SSSR count). The molecule has 19 heavy (non-hydrogen) atoms. The van der Waals surface area contributed by atoms with Crippen LogP contribution in [0, 0.1) is 0 Å². The molecule has 0 unspecified atom stereocenters. The zero-order chi connectivity index (χ0) is 13.2. The van der Waals surface area contributed by atoms with E-state index in [9.17, 15) is 0 Å². The molecule has 1 heterocycles. The number of benzene rings is 2. The first kappa shape index (κ1) is 12.0. The summed E-state index contributed by atoms with van der Waals surface area (Å²) in [6, 6.07) is 13.9. The number of fused-ring (bicyclic) bond motifs is 1. The van der Waals surface area contributed by atoms with Gasteiger partial charge < -0.3 is 10.5 Å². The lowest BCUT2D eigenvalue weighted by Crippen LogP contribution is -1.90. The summed E-state index contributed by atoms with van der Waals surface area (Å²) in [6.07, 6.45) is 0.812. The summed E-state index contributed by atoms with van der Waals surface area (Å²) in [6.45, 7) is 0. The van der Waals surface area contributed by atoms with Crippen LogP contribution >= 0.6 is 11.3 Å². The Morgan fingerprint density at radius 3 is 2.89 bits per heavy atom. The van der Waals surface area contributed by atoms with Crippen LogP contribution in [0.15, 0.2) is 42.5 Å². The van der Waals surface area contributed by atoms with E-state index < -0.39 is 0 Å². The SMILES string of the molecule is COc1ccc2nc(Cc3cccc(N)c3)sc2c1. The number of nitrogens with two attached hydrogens (primary N) is 1. The van der Waals surface area contributed by atoms with Crippen LogP contribution in [-0.4, -0.2) is 12.1 Å². The van der Waals surface area contributed by atoms with Gasteiger partial charge >= 0.3 is 0 Å². The van der Waals surface area contributed by atoms with E-state index in [4.69, 9.17) is 10.5 Å². The van der Waals surface area contributed by atoms with Crippen LogP contribution in [0.3, 0.4) is 0 Å². The van der Waals surface area contributed by atoms with E-state index in [2.05, 4.69) is 11.1 Å². The van der Waals surface area contributed by atoms with E-state index in [1.54, 1.807) is 18.4 Å². The largest absolute Gasteiger partial charge is 0.497 e. The third kappa shape index (κ3) is 2.53. The van der Waals surface area contributed by atoms with Crippen LogP contribution in [0.4, 0.5) is 5.69 Å². The van der Waals surface area contributed by atoms with Gasteiger partial charge in [-0.1, -0.05) is 12.1 Å². The van der Waals surface area contributed by atoms with E-state index in [0.717, 1.165) is 33.1 Å². The van der Waals surface area contributed by atoms with Crippen molar-refractivity contribution in [3.8, 4) is 5.75 Å². The summed E-state index contributed by atoms with van der Waals surface area (Å²) in [5.74, 6) is 0.867. The molecule has 0 amide bonds. The quantitative estimate of drug-likeness (QED) is 0.741. The number of anilines is 1. The fourth-order valence-corrected chi connectivity index (χ4v) is 3.06. The summed E-state index contributed by atoms with van der Waals surface area (Å²) >= 11 is 1.70. The molecule has 1 aromatic heterocycles. The Morgan fingerprint density at radius 2 is 2.11 bits per heavy atom. The third-order valence-corrected chi connectivity index (χ3v) is 3.96. The first-order valence-corrected chi connectivity index (χ1v) is 6.84. The number of thiazole rings is 1. The number of aromatic nitrogens is 1. The smallest absolute Gasteiger partial charge is 0.120 e. The minimum absolute atomic E-state index is 0.792. The molecule has 0 atom stereocenters. The zero-order valence-electron chi connectivity index (χ0n) is 10.6. The predicted octanol–water partition coefficient (Wildman–Crippen LogP) is 3.48. The molecular weight excluding hydrogens is 256 g/mol. The highest BCUT2D eigenvalue weighted by molar-refractivity contribution is 7.18. The van der Waals surface area contributed by atoms with Gasteiger partial charge in [-0.05, 0) is 35.9 Å². The maximum absolute atomic E-state index is 5.79. The Hall–Kier alpha value is -2.07. The van der Waals surface area contributed by atoms with Crippen LogP contribution in [0.25, 0.3) is 10.2 Å². The van der Waals surface area contributed by atoms with E-state index in [0.29, 0.717) is 0 Å². The van der Waals surface area contributed by atoms with E-state index in [1.807, 2.05) is 36.4 Å². The van der Waals surface area contributed by atoms with Crippen molar-refractivity contribution in [2.24, 2.45) is 0 Å². The Morgan fingerprint density at radius 1 is 1.21 bits per heavy atom. The second-order valence-electron chi connectivity index (χ2n) is 4.36. The molecule has 0 saturated carbocycles. The fourth-order valence-electron chi connectivity index (χ4n) is 2.03. The van der Waals surface area contributed by atoms with Crippen LogP contribution in [0.1, 0.15) is 10.6 Å². The molecule has 4 heteroatoms. The number of nitrogen functional groups attached to an aromatic ring is 1. The Balaban J connectivity index is 1.93. The van der Waals surface area contributed by atoms with Gasteiger partial charge in [0.05, 0.1) is 22.3 Å². The van der Waals surface area contributed by atoms with Crippen molar-refractivity contribution in [2.75, 3.05) is 12.8 Å². The van der Waals surface area contributed by atoms with Gasteiger partial charge in [0, 0.05) is 12.1 Å². The first-order valence-electron chi connectivity index (χ1n) is 6.02. The van der Waals surface area contributed by atoms with Gasteiger partial charge in [-0.3, -0.25) is 0 Å². The molecule has 0 saturated heterocycles. The highest BCUT2D eigenvalue weighted by Gasteiger charge is 2.06. The monoisotopic (exact) mass is 270 g/mol. The molecule has 0 fully saturated rings. The highest BCUT2D eigenvalue weighted by atomic mass is 32.1. The maximum atomic E-state index is 5.79. The van der Waals surface area contributed by atoms with Gasteiger partial charge in [0.15, 0.2) is 0 Å². The predicted molar refractivity (Wildman–Crippen MR) is 79.8 cm³/mol. The van der Waals surface area contributed by atoms with Crippen molar-refractivity contribution in [1.29, 1.82) is 0 Å². The van der Waals surface area contributed by atoms with Crippen molar-refractivity contribution < 1.29 is 4.74 Å². The number of nitrogens with zero attached hydrogens (tertiary/aromatic N) is 1. The average molecular weight is 270 g/mol. The Kier molecular flexibility index (Phi) is 3.09. The molecule has 3 aromatic rings. The second kappa shape index (κ2) is 4.90. The van der Waals surface area contributed by atoms with Gasteiger partial charge in [-0.15, -0.1) is 11.3 Å². The number of hydrogen-bond acceptors (Lipinski definition) is 4. The zero-order valence-corrected chi connectivity index (χ0v) is 11.4. The lowest BCUT2D eigenvalue weighted by atomic mass is 10.1. The van der Waals surface area contributed by atoms with Gasteiger partial charge in [0.1, 0.15) is 5.75 Å². The van der Waals surface area contributed by atoms with Gasteiger partial charge in [0.25, 0.3) is 0 Å². The molecule has 2 N–H and O–H groups in total. The minimum Gasteiger partial charge on any atom is -0.497 e. The molecule has 0 aliphatic heterocycles. The van der Waals surface area contributed by atoms with E-state index in [-0.39, 0.29) is 0 Å². The fraction of sp³-hybridized carbons (Fsp3) is 0.133. The summed E-state index contributed by atoms with van der Waals surface area (Å²) < 4.78 is 6.38. The maximum Gasteiger partial charge on any atom is 0.120 e. The highest BCUT2D eigenvalue weighted by Crippen LogP contribution is 2.27. The number of hydrogen-bond donors (Lipinski definition) is 1. The second-order valence-corrected chi connectivity index (χ2v) is 5.48. The molecule has 0 spiro atoms. The lowest BCUT2D eigenvalue weighted by molar-refractivity contribution is 0.415. The van der Waals surface area contributed by atoms with Crippen molar-refractivity contribution in [2.45, 2.75) is 6.42 Å². The number of rotatable bonds is 3. The van der Waals surface area contributed by atoms with Gasteiger partial charge in [-0.2, -0.15) is 0 Å². The van der Waals surface area contributed by atoms with Crippen LogP contribution < -0.4 is 10.5 Å². The Labute approximate surface area is 115 Å². The molecule has 96 valence electrons. The normalized spacial score (nSPS) is 10.8. The summed E-state index contributed by atoms with van der Waals surface area (Å²) in [5.41, 5.74) is 8.79. The van der Waals surface area contributed by atoms with Crippen LogP contribution in [0.2, 0.25) is 0 Å². The van der Waals surface area contributed by atoms with E-state index in [1.165, 1.54) is 5.56 Å². The van der Waals surface area contributed by atoms with Crippen LogP contribution in [0.5, 0.6) is 5.75 Å². The number of methoxy groups -OCH3 is 1. The lowest BCUT2D eigenvalue weighted by Gasteiger charge is -1.98. The standard InChI is InChI=1S/C15H14N2OS/c1-18-12-5-6-13-14(9-12)19-15(17-13)8-10-3-2-4-11(16)7-10/h2-7,9H,8,16H2,1H3. The van der Waals surface area contributed by atoms with Gasteiger partial charge in [-0.25, -0.2) is 4.98 Å². The number of ether oxygens (including phenoxy) is 1. The topological polar surface area (TPSA) is 48.1 Å². The van der Waals surface area contributed by atoms with Crippen molar-refractivity contribution >= 4 is 27.2 Å². The summed E-state index contributed by atoms with van der Waals surface area (Å²) in [7, 11) is 1.68. The minimum atomic E-state index is 0.792. The molecule has 0 radical (unpaired) electrons. The first-order chi connectivity index (χ1) is 9.24. The van der Waals surface area contributed by atoms with Crippen LogP contribution in [-0.2, 0) is 6.42 Å². The molecular formula is C15H14N2OS. The molecule has 3 nitrogen and oxygen atoms in total. The molecule has 2 aromatic carbocycles. The molecule has 0 aliphatic rings. The van der Waals surface area contributed by atoms with Crippen molar-refractivity contribution in [3.05, 3.63) is 53.0 Å². The summed E-state index contributed by atoms with van der Waals surface area (Å²) in [4.78, 5) is 4.64. The van der Waals surface area contributed by atoms with Gasteiger partial charge in [0.2, 0.25) is 0 Å². The Bertz CT molecular complexity index is 721. The van der Waals surface area contributed by atoms with Crippen molar-refractivity contribution in [1.82, 2.24) is 4.98 Å². The summed E-state index contributed by atoms with van der Waals surface area (Å²) in [5, 5.41) is 1.09. The average Bonchev–Trinajstić information content (AvgIpc) is 2.79. The van der Waals surface area contributed by atoms with E-state index >= 15 is 0 Å². The molecule has 0 aliphatic carbocycles. The molecule has 0 bridgehead atoms.